The SMILES string of the molecule is CNCc1cc(Oc2cnn(C)c2)nc(C(C)C)c1. The van der Waals surface area contributed by atoms with E-state index < -0.39 is 0 Å². The van der Waals surface area contributed by atoms with Crippen LogP contribution >= 0.6 is 0 Å². The number of nitrogens with zero attached hydrogens (tertiary/aromatic N) is 3. The van der Waals surface area contributed by atoms with Crippen LogP contribution in [0.4, 0.5) is 0 Å². The lowest BCUT2D eigenvalue weighted by Gasteiger charge is -2.11. The Labute approximate surface area is 113 Å². The quantitative estimate of drug-likeness (QED) is 0.897. The lowest BCUT2D eigenvalue weighted by atomic mass is 10.1. The molecular formula is C14H20N4O. The molecule has 0 amide bonds. The van der Waals surface area contributed by atoms with Crippen LogP contribution in [0.15, 0.2) is 24.5 Å². The van der Waals surface area contributed by atoms with Gasteiger partial charge in [-0.2, -0.15) is 5.10 Å². The van der Waals surface area contributed by atoms with Gasteiger partial charge in [-0.25, -0.2) is 4.98 Å². The summed E-state index contributed by atoms with van der Waals surface area (Å²) in [5.74, 6) is 1.68. The fraction of sp³-hybridized carbons (Fsp3) is 0.429. The van der Waals surface area contributed by atoms with E-state index in [0.717, 1.165) is 12.2 Å². The average Bonchev–Trinajstić information content (AvgIpc) is 2.75. The molecule has 0 unspecified atom stereocenters. The van der Waals surface area contributed by atoms with Gasteiger partial charge in [-0.15, -0.1) is 0 Å². The number of aryl methyl sites for hydroxylation is 1. The maximum Gasteiger partial charge on any atom is 0.219 e. The molecule has 5 heteroatoms. The van der Waals surface area contributed by atoms with Crippen LogP contribution in [0.25, 0.3) is 0 Å². The second-order valence-corrected chi connectivity index (χ2v) is 4.88. The van der Waals surface area contributed by atoms with Crippen LogP contribution in [0.3, 0.4) is 0 Å². The first-order valence-corrected chi connectivity index (χ1v) is 6.40. The largest absolute Gasteiger partial charge is 0.436 e. The minimum Gasteiger partial charge on any atom is -0.436 e. The molecule has 2 rings (SSSR count). The van der Waals surface area contributed by atoms with Gasteiger partial charge in [0.2, 0.25) is 5.88 Å². The molecule has 0 aliphatic rings. The van der Waals surface area contributed by atoms with Gasteiger partial charge in [-0.1, -0.05) is 13.8 Å². The highest BCUT2D eigenvalue weighted by Gasteiger charge is 2.08. The van der Waals surface area contributed by atoms with E-state index in [4.69, 9.17) is 4.74 Å². The van der Waals surface area contributed by atoms with E-state index >= 15 is 0 Å². The molecule has 0 bridgehead atoms. The number of hydrogen-bond donors (Lipinski definition) is 1. The van der Waals surface area contributed by atoms with Gasteiger partial charge in [-0.05, 0) is 24.6 Å². The zero-order valence-corrected chi connectivity index (χ0v) is 11.8. The van der Waals surface area contributed by atoms with E-state index in [1.807, 2.05) is 26.4 Å². The standard InChI is InChI=1S/C14H20N4O/c1-10(2)13-5-11(7-15-3)6-14(17-13)19-12-8-16-18(4)9-12/h5-6,8-10,15H,7H2,1-4H3. The Morgan fingerprint density at radius 3 is 2.74 bits per heavy atom. The number of rotatable bonds is 5. The number of pyridine rings is 1. The number of aromatic nitrogens is 3. The molecule has 1 N–H and O–H groups in total. The maximum absolute atomic E-state index is 5.75. The number of ether oxygens (including phenoxy) is 1. The van der Waals surface area contributed by atoms with E-state index in [-0.39, 0.29) is 0 Å². The second-order valence-electron chi connectivity index (χ2n) is 4.88. The molecule has 0 spiro atoms. The minimum atomic E-state index is 0.369. The van der Waals surface area contributed by atoms with Crippen LogP contribution in [0, 0.1) is 0 Å². The molecule has 5 nitrogen and oxygen atoms in total. The van der Waals surface area contributed by atoms with Crippen molar-refractivity contribution in [3.8, 4) is 11.6 Å². The minimum absolute atomic E-state index is 0.369. The van der Waals surface area contributed by atoms with Crippen LogP contribution in [-0.2, 0) is 13.6 Å². The van der Waals surface area contributed by atoms with Crippen molar-refractivity contribution in [2.45, 2.75) is 26.3 Å². The molecule has 2 heterocycles. The Morgan fingerprint density at radius 1 is 1.37 bits per heavy atom. The van der Waals surface area contributed by atoms with Gasteiger partial charge in [0.25, 0.3) is 0 Å². The van der Waals surface area contributed by atoms with Crippen LogP contribution in [-0.4, -0.2) is 21.8 Å². The first-order valence-electron chi connectivity index (χ1n) is 6.40. The summed E-state index contributed by atoms with van der Waals surface area (Å²) in [7, 11) is 3.79. The predicted octanol–water partition coefficient (Wildman–Crippen LogP) is 2.45. The third-order valence-corrected chi connectivity index (χ3v) is 2.76. The Hall–Kier alpha value is -1.88. The van der Waals surface area contributed by atoms with E-state index in [1.165, 1.54) is 5.56 Å². The molecule has 0 saturated carbocycles. The van der Waals surface area contributed by atoms with Crippen molar-refractivity contribution in [3.63, 3.8) is 0 Å². The predicted molar refractivity (Wildman–Crippen MR) is 74.4 cm³/mol. The normalized spacial score (nSPS) is 11.0. The van der Waals surface area contributed by atoms with Crippen molar-refractivity contribution in [1.29, 1.82) is 0 Å². The maximum atomic E-state index is 5.75. The molecule has 0 radical (unpaired) electrons. The highest BCUT2D eigenvalue weighted by atomic mass is 16.5. The molecule has 0 aliphatic carbocycles. The van der Waals surface area contributed by atoms with E-state index in [1.54, 1.807) is 10.9 Å². The van der Waals surface area contributed by atoms with Crippen molar-refractivity contribution in [3.05, 3.63) is 35.8 Å². The average molecular weight is 260 g/mol. The Kier molecular flexibility index (Phi) is 4.16. The fourth-order valence-electron chi connectivity index (χ4n) is 1.81. The first-order chi connectivity index (χ1) is 9.08. The summed E-state index contributed by atoms with van der Waals surface area (Å²) in [5.41, 5.74) is 2.20. The lowest BCUT2D eigenvalue weighted by Crippen LogP contribution is -2.07. The summed E-state index contributed by atoms with van der Waals surface area (Å²) >= 11 is 0. The summed E-state index contributed by atoms with van der Waals surface area (Å²) in [6.45, 7) is 5.05. The fourth-order valence-corrected chi connectivity index (χ4v) is 1.81. The third kappa shape index (κ3) is 3.54. The van der Waals surface area contributed by atoms with E-state index in [0.29, 0.717) is 17.5 Å². The summed E-state index contributed by atoms with van der Waals surface area (Å²) in [4.78, 5) is 4.53. The van der Waals surface area contributed by atoms with Gasteiger partial charge in [0.15, 0.2) is 5.75 Å². The number of hydrogen-bond acceptors (Lipinski definition) is 4. The van der Waals surface area contributed by atoms with Gasteiger partial charge in [-0.3, -0.25) is 4.68 Å². The van der Waals surface area contributed by atoms with Crippen molar-refractivity contribution >= 4 is 0 Å². The molecule has 2 aromatic rings. The topological polar surface area (TPSA) is 52.0 Å². The van der Waals surface area contributed by atoms with Crippen molar-refractivity contribution in [2.75, 3.05) is 7.05 Å². The molecule has 102 valence electrons. The van der Waals surface area contributed by atoms with Gasteiger partial charge >= 0.3 is 0 Å². The molecule has 2 aromatic heterocycles. The van der Waals surface area contributed by atoms with Crippen LogP contribution in [0.1, 0.15) is 31.0 Å². The monoisotopic (exact) mass is 260 g/mol. The molecule has 0 atom stereocenters. The van der Waals surface area contributed by atoms with E-state index in [9.17, 15) is 0 Å². The Balaban J connectivity index is 2.27. The Morgan fingerprint density at radius 2 is 2.16 bits per heavy atom. The molecule has 0 aromatic carbocycles. The molecule has 19 heavy (non-hydrogen) atoms. The highest BCUT2D eigenvalue weighted by Crippen LogP contribution is 2.23. The summed E-state index contributed by atoms with van der Waals surface area (Å²) in [5, 5.41) is 7.23. The zero-order chi connectivity index (χ0) is 13.8. The van der Waals surface area contributed by atoms with Gasteiger partial charge in [0.1, 0.15) is 0 Å². The first kappa shape index (κ1) is 13.5. The molecule has 0 aliphatic heterocycles. The smallest absolute Gasteiger partial charge is 0.219 e. The lowest BCUT2D eigenvalue weighted by molar-refractivity contribution is 0.457. The summed E-state index contributed by atoms with van der Waals surface area (Å²) < 4.78 is 7.46. The summed E-state index contributed by atoms with van der Waals surface area (Å²) in [6, 6.07) is 4.06. The molecule has 0 fully saturated rings. The van der Waals surface area contributed by atoms with Gasteiger partial charge in [0, 0.05) is 25.4 Å². The van der Waals surface area contributed by atoms with Crippen LogP contribution in [0.5, 0.6) is 11.6 Å². The van der Waals surface area contributed by atoms with Crippen LogP contribution < -0.4 is 10.1 Å². The van der Waals surface area contributed by atoms with Gasteiger partial charge < -0.3 is 10.1 Å². The summed E-state index contributed by atoms with van der Waals surface area (Å²) in [6.07, 6.45) is 3.50. The number of nitrogens with one attached hydrogen (secondary N) is 1. The van der Waals surface area contributed by atoms with Crippen molar-refractivity contribution < 1.29 is 4.74 Å². The van der Waals surface area contributed by atoms with Gasteiger partial charge in [0.05, 0.1) is 12.4 Å². The van der Waals surface area contributed by atoms with Crippen molar-refractivity contribution in [1.82, 2.24) is 20.1 Å². The third-order valence-electron chi connectivity index (χ3n) is 2.76. The Bertz CT molecular complexity index is 548. The van der Waals surface area contributed by atoms with Crippen LogP contribution in [0.2, 0.25) is 0 Å². The van der Waals surface area contributed by atoms with Crippen molar-refractivity contribution in [2.24, 2.45) is 7.05 Å². The molecule has 0 saturated heterocycles. The molecular weight excluding hydrogens is 240 g/mol. The van der Waals surface area contributed by atoms with E-state index in [2.05, 4.69) is 35.3 Å². The highest BCUT2D eigenvalue weighted by molar-refractivity contribution is 5.29. The second kappa shape index (κ2) is 5.84. The zero-order valence-electron chi connectivity index (χ0n) is 11.8.